The molecule has 0 saturated carbocycles. The van der Waals surface area contributed by atoms with E-state index < -0.39 is 5.82 Å². The highest BCUT2D eigenvalue weighted by molar-refractivity contribution is 9.10. The summed E-state index contributed by atoms with van der Waals surface area (Å²) in [6.45, 7) is 0.296. The number of benzene rings is 2. The zero-order valence-corrected chi connectivity index (χ0v) is 16.4. The van der Waals surface area contributed by atoms with Crippen LogP contribution in [-0.4, -0.2) is 15.9 Å². The SMILES string of the molecule is O=C(c1ccc(Br)cc1)N(Cc1cccnc1)c1nc2c(F)cccc2s1. The Labute approximate surface area is 167 Å². The average molecular weight is 442 g/mol. The lowest BCUT2D eigenvalue weighted by Gasteiger charge is -2.20. The van der Waals surface area contributed by atoms with Gasteiger partial charge in [-0.15, -0.1) is 0 Å². The zero-order valence-electron chi connectivity index (χ0n) is 14.0. The Morgan fingerprint density at radius 2 is 1.93 bits per heavy atom. The number of nitrogens with zero attached hydrogens (tertiary/aromatic N) is 3. The number of halogens is 2. The molecule has 4 rings (SSSR count). The molecule has 0 bridgehead atoms. The van der Waals surface area contributed by atoms with E-state index in [0.29, 0.717) is 21.9 Å². The molecule has 0 unspecified atom stereocenters. The van der Waals surface area contributed by atoms with Gasteiger partial charge in [0, 0.05) is 22.4 Å². The number of anilines is 1. The fourth-order valence-electron chi connectivity index (χ4n) is 2.67. The summed E-state index contributed by atoms with van der Waals surface area (Å²) in [7, 11) is 0. The standard InChI is InChI=1S/C20H13BrFN3OS/c21-15-8-6-14(7-9-15)19(26)25(12-13-3-2-10-23-11-13)20-24-18-16(22)4-1-5-17(18)27-20/h1-11H,12H2. The summed E-state index contributed by atoms with van der Waals surface area (Å²) in [5, 5.41) is 0.451. The van der Waals surface area contributed by atoms with E-state index in [1.807, 2.05) is 24.3 Å². The molecular formula is C20H13BrFN3OS. The van der Waals surface area contributed by atoms with Gasteiger partial charge in [0.05, 0.1) is 11.2 Å². The number of hydrogen-bond acceptors (Lipinski definition) is 4. The highest BCUT2D eigenvalue weighted by Crippen LogP contribution is 2.32. The third kappa shape index (κ3) is 3.74. The van der Waals surface area contributed by atoms with E-state index >= 15 is 0 Å². The van der Waals surface area contributed by atoms with E-state index in [2.05, 4.69) is 25.9 Å². The van der Waals surface area contributed by atoms with E-state index in [1.165, 1.54) is 17.4 Å². The third-order valence-corrected chi connectivity index (χ3v) is 5.56. The monoisotopic (exact) mass is 441 g/mol. The molecule has 134 valence electrons. The number of aromatic nitrogens is 2. The van der Waals surface area contributed by atoms with Gasteiger partial charge in [0.15, 0.2) is 5.13 Å². The number of carbonyl (C=O) groups is 1. The Hall–Kier alpha value is -2.64. The quantitative estimate of drug-likeness (QED) is 0.423. The first-order valence-electron chi connectivity index (χ1n) is 8.13. The van der Waals surface area contributed by atoms with Crippen molar-refractivity contribution in [2.45, 2.75) is 6.54 Å². The lowest BCUT2D eigenvalue weighted by atomic mass is 10.2. The van der Waals surface area contributed by atoms with Gasteiger partial charge in [0.25, 0.3) is 5.91 Å². The lowest BCUT2D eigenvalue weighted by molar-refractivity contribution is 0.0985. The highest BCUT2D eigenvalue weighted by atomic mass is 79.9. The Kier molecular flexibility index (Phi) is 4.96. The van der Waals surface area contributed by atoms with Crippen molar-refractivity contribution in [2.24, 2.45) is 0 Å². The van der Waals surface area contributed by atoms with Crippen molar-refractivity contribution in [1.29, 1.82) is 0 Å². The van der Waals surface area contributed by atoms with Gasteiger partial charge in [-0.1, -0.05) is 39.4 Å². The molecule has 27 heavy (non-hydrogen) atoms. The fourth-order valence-corrected chi connectivity index (χ4v) is 3.91. The van der Waals surface area contributed by atoms with E-state index in [9.17, 15) is 9.18 Å². The van der Waals surface area contributed by atoms with Gasteiger partial charge in [-0.3, -0.25) is 14.7 Å². The minimum Gasteiger partial charge on any atom is -0.279 e. The van der Waals surface area contributed by atoms with Gasteiger partial charge in [0.1, 0.15) is 11.3 Å². The summed E-state index contributed by atoms with van der Waals surface area (Å²) in [6, 6.07) is 15.6. The Morgan fingerprint density at radius 1 is 1.11 bits per heavy atom. The molecule has 1 amide bonds. The molecule has 0 atom stereocenters. The van der Waals surface area contributed by atoms with Crippen LogP contribution in [0.2, 0.25) is 0 Å². The molecule has 0 N–H and O–H groups in total. The smallest absolute Gasteiger partial charge is 0.260 e. The van der Waals surface area contributed by atoms with E-state index in [-0.39, 0.29) is 11.4 Å². The van der Waals surface area contributed by atoms with Crippen LogP contribution in [0.15, 0.2) is 71.5 Å². The van der Waals surface area contributed by atoms with Crippen molar-refractivity contribution >= 4 is 48.5 Å². The summed E-state index contributed by atoms with van der Waals surface area (Å²) in [4.78, 5) is 23.2. The molecule has 2 aromatic heterocycles. The second-order valence-electron chi connectivity index (χ2n) is 5.84. The predicted octanol–water partition coefficient (Wildman–Crippen LogP) is 5.44. The summed E-state index contributed by atoms with van der Waals surface area (Å²) in [5.74, 6) is -0.599. The van der Waals surface area contributed by atoms with Crippen molar-refractivity contribution < 1.29 is 9.18 Å². The van der Waals surface area contributed by atoms with Crippen LogP contribution >= 0.6 is 27.3 Å². The van der Waals surface area contributed by atoms with Crippen LogP contribution in [0.5, 0.6) is 0 Å². The summed E-state index contributed by atoms with van der Waals surface area (Å²) in [6.07, 6.45) is 3.38. The number of thiazole rings is 1. The van der Waals surface area contributed by atoms with Crippen LogP contribution in [0.3, 0.4) is 0 Å². The van der Waals surface area contributed by atoms with Gasteiger partial charge in [0.2, 0.25) is 0 Å². The minimum atomic E-state index is -0.396. The summed E-state index contributed by atoms with van der Waals surface area (Å²) < 4.78 is 15.7. The maximum atomic E-state index is 14.1. The van der Waals surface area contributed by atoms with Gasteiger partial charge in [-0.2, -0.15) is 0 Å². The zero-order chi connectivity index (χ0) is 18.8. The molecule has 0 radical (unpaired) electrons. The van der Waals surface area contributed by atoms with Crippen LogP contribution in [0.4, 0.5) is 9.52 Å². The number of para-hydroxylation sites is 1. The van der Waals surface area contributed by atoms with Crippen LogP contribution in [0.1, 0.15) is 15.9 Å². The maximum absolute atomic E-state index is 14.1. The topological polar surface area (TPSA) is 46.1 Å². The van der Waals surface area contributed by atoms with Crippen molar-refractivity contribution in [3.8, 4) is 0 Å². The van der Waals surface area contributed by atoms with Crippen molar-refractivity contribution in [1.82, 2.24) is 9.97 Å². The van der Waals surface area contributed by atoms with Gasteiger partial charge in [-0.05, 0) is 48.0 Å². The number of pyridine rings is 1. The van der Waals surface area contributed by atoms with Gasteiger partial charge >= 0.3 is 0 Å². The molecule has 2 aromatic carbocycles. The molecule has 4 aromatic rings. The van der Waals surface area contributed by atoms with Gasteiger partial charge < -0.3 is 0 Å². The minimum absolute atomic E-state index is 0.203. The number of carbonyl (C=O) groups excluding carboxylic acids is 1. The van der Waals surface area contributed by atoms with E-state index in [1.54, 1.807) is 41.6 Å². The highest BCUT2D eigenvalue weighted by Gasteiger charge is 2.22. The third-order valence-electron chi connectivity index (χ3n) is 3.99. The number of rotatable bonds is 4. The molecule has 0 spiro atoms. The van der Waals surface area contributed by atoms with Crippen molar-refractivity contribution in [2.75, 3.05) is 4.90 Å². The van der Waals surface area contributed by atoms with E-state index in [0.717, 1.165) is 10.0 Å². The van der Waals surface area contributed by atoms with Crippen molar-refractivity contribution in [3.05, 3.63) is 88.4 Å². The molecule has 0 aliphatic heterocycles. The van der Waals surface area contributed by atoms with Gasteiger partial charge in [-0.25, -0.2) is 9.37 Å². The Balaban J connectivity index is 1.78. The molecular weight excluding hydrogens is 429 g/mol. The number of hydrogen-bond donors (Lipinski definition) is 0. The Bertz CT molecular complexity index is 1100. The first-order valence-corrected chi connectivity index (χ1v) is 9.74. The molecule has 2 heterocycles. The van der Waals surface area contributed by atoms with Crippen LogP contribution in [-0.2, 0) is 6.54 Å². The first kappa shape index (κ1) is 17.8. The lowest BCUT2D eigenvalue weighted by Crippen LogP contribution is -2.30. The van der Waals surface area contributed by atoms with Crippen LogP contribution in [0, 0.1) is 5.82 Å². The molecule has 4 nitrogen and oxygen atoms in total. The maximum Gasteiger partial charge on any atom is 0.260 e. The molecule has 0 saturated heterocycles. The second kappa shape index (κ2) is 7.54. The number of fused-ring (bicyclic) bond motifs is 1. The van der Waals surface area contributed by atoms with E-state index in [4.69, 9.17) is 0 Å². The molecule has 0 fully saturated rings. The molecule has 0 aliphatic carbocycles. The first-order chi connectivity index (χ1) is 13.1. The summed E-state index contributed by atoms with van der Waals surface area (Å²) in [5.41, 5.74) is 1.67. The fraction of sp³-hybridized carbons (Fsp3) is 0.0500. The van der Waals surface area contributed by atoms with Crippen molar-refractivity contribution in [3.63, 3.8) is 0 Å². The van der Waals surface area contributed by atoms with Crippen LogP contribution in [0.25, 0.3) is 10.2 Å². The normalized spacial score (nSPS) is 10.9. The van der Waals surface area contributed by atoms with Crippen LogP contribution < -0.4 is 4.90 Å². The number of amides is 1. The average Bonchev–Trinajstić information content (AvgIpc) is 3.12. The predicted molar refractivity (Wildman–Crippen MR) is 108 cm³/mol. The Morgan fingerprint density at radius 3 is 2.63 bits per heavy atom. The molecule has 0 aliphatic rings. The molecule has 7 heteroatoms. The summed E-state index contributed by atoms with van der Waals surface area (Å²) >= 11 is 4.67. The largest absolute Gasteiger partial charge is 0.279 e. The second-order valence-corrected chi connectivity index (χ2v) is 7.77.